The fourth-order valence-electron chi connectivity index (χ4n) is 3.17. The van der Waals surface area contributed by atoms with Crippen LogP contribution in [0.25, 0.3) is 0 Å². The third-order valence-corrected chi connectivity index (χ3v) is 7.53. The fourth-order valence-corrected chi connectivity index (χ4v) is 5.78. The van der Waals surface area contributed by atoms with E-state index in [1.165, 1.54) is 24.2 Å². The summed E-state index contributed by atoms with van der Waals surface area (Å²) in [6.45, 7) is 2.46. The van der Waals surface area contributed by atoms with E-state index in [0.717, 1.165) is 19.4 Å². The van der Waals surface area contributed by atoms with E-state index in [9.17, 15) is 8.42 Å². The lowest BCUT2D eigenvalue weighted by Gasteiger charge is -2.33. The van der Waals surface area contributed by atoms with E-state index in [0.29, 0.717) is 29.3 Å². The van der Waals surface area contributed by atoms with Gasteiger partial charge in [0.2, 0.25) is 0 Å². The molecule has 0 spiro atoms. The first-order chi connectivity index (χ1) is 9.18. The number of piperidine rings is 1. The maximum absolute atomic E-state index is 12.4. The zero-order chi connectivity index (χ0) is 13.3. The minimum absolute atomic E-state index is 0. The monoisotopic (exact) mass is 336 g/mol. The van der Waals surface area contributed by atoms with Crippen LogP contribution < -0.4 is 5.32 Å². The molecule has 1 atom stereocenters. The van der Waals surface area contributed by atoms with E-state index in [2.05, 4.69) is 5.32 Å². The van der Waals surface area contributed by atoms with Crippen molar-refractivity contribution < 1.29 is 8.42 Å². The van der Waals surface area contributed by atoms with Gasteiger partial charge >= 0.3 is 0 Å². The molecule has 0 bridgehead atoms. The largest absolute Gasteiger partial charge is 0.314 e. The number of sulfonamides is 1. The molecule has 4 nitrogen and oxygen atoms in total. The van der Waals surface area contributed by atoms with Crippen LogP contribution in [0.5, 0.6) is 0 Å². The summed E-state index contributed by atoms with van der Waals surface area (Å²) in [6.07, 6.45) is 4.49. The number of nitrogens with one attached hydrogen (secondary N) is 1. The van der Waals surface area contributed by atoms with Crippen molar-refractivity contribution in [2.75, 3.05) is 19.6 Å². The molecule has 1 N–H and O–H groups in total. The van der Waals surface area contributed by atoms with Gasteiger partial charge in [0, 0.05) is 19.1 Å². The Hall–Kier alpha value is -0.140. The number of hydrogen-bond acceptors (Lipinski definition) is 4. The third kappa shape index (κ3) is 3.20. The molecule has 3 heterocycles. The second-order valence-electron chi connectivity index (χ2n) is 5.38. The quantitative estimate of drug-likeness (QED) is 0.921. The predicted octanol–water partition coefficient (Wildman–Crippen LogP) is 2.32. The van der Waals surface area contributed by atoms with Gasteiger partial charge in [-0.2, -0.15) is 4.31 Å². The van der Waals surface area contributed by atoms with Crippen LogP contribution in [-0.2, 0) is 10.0 Å². The number of rotatable bonds is 3. The molecule has 2 aliphatic rings. The number of hydrogen-bond donors (Lipinski definition) is 1. The highest BCUT2D eigenvalue weighted by Crippen LogP contribution is 2.29. The van der Waals surface area contributed by atoms with Crippen molar-refractivity contribution in [2.45, 2.75) is 35.9 Å². The summed E-state index contributed by atoms with van der Waals surface area (Å²) < 4.78 is 26.9. The van der Waals surface area contributed by atoms with Crippen LogP contribution in [0.3, 0.4) is 0 Å². The zero-order valence-electron chi connectivity index (χ0n) is 11.3. The summed E-state index contributed by atoms with van der Waals surface area (Å²) in [5, 5.41) is 5.36. The summed E-state index contributed by atoms with van der Waals surface area (Å²) in [7, 11) is -3.23. The van der Waals surface area contributed by atoms with E-state index in [1.807, 2.05) is 5.38 Å². The van der Waals surface area contributed by atoms with E-state index >= 15 is 0 Å². The number of halogens is 1. The van der Waals surface area contributed by atoms with Crippen LogP contribution in [-0.4, -0.2) is 38.4 Å². The Bertz CT molecular complexity index is 504. The molecule has 1 aromatic rings. The standard InChI is InChI=1S/C13H20N2O2S2.ClH/c16-19(17,13-4-2-10-18-13)15-8-5-11(6-9-15)12-3-1-7-14-12;/h2,4,10-12,14H,1,3,5-9H2;1H. The second kappa shape index (κ2) is 6.75. The van der Waals surface area contributed by atoms with E-state index < -0.39 is 10.0 Å². The highest BCUT2D eigenvalue weighted by Gasteiger charge is 2.33. The van der Waals surface area contributed by atoms with Crippen molar-refractivity contribution in [2.24, 2.45) is 5.92 Å². The molecule has 1 unspecified atom stereocenters. The van der Waals surface area contributed by atoms with Crippen molar-refractivity contribution in [3.05, 3.63) is 17.5 Å². The molecule has 0 radical (unpaired) electrons. The van der Waals surface area contributed by atoms with Gasteiger partial charge in [-0.1, -0.05) is 6.07 Å². The summed E-state index contributed by atoms with van der Waals surface area (Å²) >= 11 is 1.31. The molecule has 0 amide bonds. The molecule has 3 rings (SSSR count). The SMILES string of the molecule is Cl.O=S(=O)(c1cccs1)N1CCC(C2CCCN2)CC1. The van der Waals surface area contributed by atoms with Gasteiger partial charge in [-0.05, 0) is 49.6 Å². The van der Waals surface area contributed by atoms with Gasteiger partial charge < -0.3 is 5.32 Å². The van der Waals surface area contributed by atoms with Crippen molar-refractivity contribution in [1.82, 2.24) is 9.62 Å². The van der Waals surface area contributed by atoms with Crippen LogP contribution in [0.4, 0.5) is 0 Å². The minimum Gasteiger partial charge on any atom is -0.314 e. The first-order valence-electron chi connectivity index (χ1n) is 6.95. The van der Waals surface area contributed by atoms with Crippen LogP contribution in [0, 0.1) is 5.92 Å². The first-order valence-corrected chi connectivity index (χ1v) is 9.27. The molecule has 114 valence electrons. The molecule has 7 heteroatoms. The van der Waals surface area contributed by atoms with Gasteiger partial charge in [0.05, 0.1) is 0 Å². The Morgan fingerprint density at radius 1 is 1.25 bits per heavy atom. The molecule has 0 aliphatic carbocycles. The van der Waals surface area contributed by atoms with Crippen molar-refractivity contribution in [3.8, 4) is 0 Å². The molecule has 2 fully saturated rings. The summed E-state index contributed by atoms with van der Waals surface area (Å²) in [4.78, 5) is 0. The Morgan fingerprint density at radius 3 is 2.55 bits per heavy atom. The summed E-state index contributed by atoms with van der Waals surface area (Å²) in [5.41, 5.74) is 0. The van der Waals surface area contributed by atoms with Gasteiger partial charge in [-0.25, -0.2) is 8.42 Å². The maximum Gasteiger partial charge on any atom is 0.252 e. The number of thiophene rings is 1. The van der Waals surface area contributed by atoms with Crippen molar-refractivity contribution >= 4 is 33.8 Å². The molecular formula is C13H21ClN2O2S2. The second-order valence-corrected chi connectivity index (χ2v) is 8.49. The van der Waals surface area contributed by atoms with E-state index in [4.69, 9.17) is 0 Å². The Balaban J connectivity index is 0.00000147. The van der Waals surface area contributed by atoms with Gasteiger partial charge in [-0.15, -0.1) is 23.7 Å². The Morgan fingerprint density at radius 2 is 2.00 bits per heavy atom. The summed E-state index contributed by atoms with van der Waals surface area (Å²) in [5.74, 6) is 0.650. The first kappa shape index (κ1) is 16.2. The van der Waals surface area contributed by atoms with Crippen LogP contribution >= 0.6 is 23.7 Å². The maximum atomic E-state index is 12.4. The van der Waals surface area contributed by atoms with E-state index in [-0.39, 0.29) is 12.4 Å². The lowest BCUT2D eigenvalue weighted by molar-refractivity contribution is 0.234. The van der Waals surface area contributed by atoms with Crippen LogP contribution in [0.15, 0.2) is 21.7 Å². The minimum atomic E-state index is -3.23. The molecule has 0 saturated carbocycles. The average molecular weight is 337 g/mol. The molecular weight excluding hydrogens is 316 g/mol. The fraction of sp³-hybridized carbons (Fsp3) is 0.692. The topological polar surface area (TPSA) is 49.4 Å². The van der Waals surface area contributed by atoms with Gasteiger partial charge in [-0.3, -0.25) is 0 Å². The molecule has 20 heavy (non-hydrogen) atoms. The lowest BCUT2D eigenvalue weighted by Crippen LogP contribution is -2.43. The smallest absolute Gasteiger partial charge is 0.252 e. The molecule has 1 aromatic heterocycles. The highest BCUT2D eigenvalue weighted by molar-refractivity contribution is 7.91. The van der Waals surface area contributed by atoms with Gasteiger partial charge in [0.25, 0.3) is 10.0 Å². The van der Waals surface area contributed by atoms with Crippen LogP contribution in [0.2, 0.25) is 0 Å². The third-order valence-electron chi connectivity index (χ3n) is 4.26. The molecule has 0 aromatic carbocycles. The van der Waals surface area contributed by atoms with Crippen LogP contribution in [0.1, 0.15) is 25.7 Å². The average Bonchev–Trinajstić information content (AvgIpc) is 3.12. The number of nitrogens with zero attached hydrogens (tertiary/aromatic N) is 1. The van der Waals surface area contributed by atoms with Gasteiger partial charge in [0.1, 0.15) is 4.21 Å². The molecule has 2 aliphatic heterocycles. The van der Waals surface area contributed by atoms with E-state index in [1.54, 1.807) is 16.4 Å². The summed E-state index contributed by atoms with van der Waals surface area (Å²) in [6, 6.07) is 4.11. The molecule has 2 saturated heterocycles. The predicted molar refractivity (Wildman–Crippen MR) is 84.1 cm³/mol. The zero-order valence-corrected chi connectivity index (χ0v) is 13.8. The van der Waals surface area contributed by atoms with Crippen molar-refractivity contribution in [1.29, 1.82) is 0 Å². The Kier molecular flexibility index (Phi) is 5.48. The lowest BCUT2D eigenvalue weighted by atomic mass is 9.89. The van der Waals surface area contributed by atoms with Crippen molar-refractivity contribution in [3.63, 3.8) is 0 Å². The Labute approximate surface area is 131 Å². The highest BCUT2D eigenvalue weighted by atomic mass is 35.5. The van der Waals surface area contributed by atoms with Gasteiger partial charge in [0.15, 0.2) is 0 Å². The normalized spacial score (nSPS) is 25.5.